The predicted octanol–water partition coefficient (Wildman–Crippen LogP) is 3.08. The van der Waals surface area contributed by atoms with E-state index in [4.69, 9.17) is 4.74 Å². The third-order valence-corrected chi connectivity index (χ3v) is 1.71. The molecule has 0 aromatic heterocycles. The number of allylic oxidation sites excluding steroid dienone is 1. The first kappa shape index (κ1) is 12.0. The molecule has 0 fully saturated rings. The van der Waals surface area contributed by atoms with E-state index in [-0.39, 0.29) is 0 Å². The molecule has 84 valence electrons. The van der Waals surface area contributed by atoms with E-state index >= 15 is 0 Å². The maximum atomic E-state index is 5.51. The molecule has 0 aliphatic carbocycles. The third kappa shape index (κ3) is 3.61. The fourth-order valence-electron chi connectivity index (χ4n) is 1.05. The number of benzene rings is 1. The molecule has 3 heteroatoms. The number of hydrogen-bond donors (Lipinski definition) is 1. The van der Waals surface area contributed by atoms with Gasteiger partial charge in [-0.1, -0.05) is 38.6 Å². The van der Waals surface area contributed by atoms with Gasteiger partial charge in [0.1, 0.15) is 11.6 Å². The Morgan fingerprint density at radius 3 is 2.44 bits per heavy atom. The van der Waals surface area contributed by atoms with Crippen molar-refractivity contribution in [1.82, 2.24) is 5.32 Å². The lowest BCUT2D eigenvalue weighted by Crippen LogP contribution is -2.12. The largest absolute Gasteiger partial charge is 0.454 e. The van der Waals surface area contributed by atoms with Gasteiger partial charge in [0, 0.05) is 6.20 Å². The average Bonchev–Trinajstić information content (AvgIpc) is 2.36. The van der Waals surface area contributed by atoms with Crippen LogP contribution < -0.4 is 10.1 Å². The second-order valence-electron chi connectivity index (χ2n) is 2.81. The van der Waals surface area contributed by atoms with Crippen molar-refractivity contribution in [3.05, 3.63) is 54.7 Å². The molecule has 0 saturated heterocycles. The standard InChI is InChI=1S/C11H10N2O.C2H6/c1-9-12-7-11(8-13-9)14-10-5-3-2-4-6-10;1-2/h2-8,12H,1H2;1-2H3. The molecule has 0 amide bonds. The fourth-order valence-corrected chi connectivity index (χ4v) is 1.05. The van der Waals surface area contributed by atoms with Crippen molar-refractivity contribution in [3.8, 4) is 5.75 Å². The van der Waals surface area contributed by atoms with E-state index < -0.39 is 0 Å². The molecule has 0 bridgehead atoms. The smallest absolute Gasteiger partial charge is 0.161 e. The minimum absolute atomic E-state index is 0.616. The van der Waals surface area contributed by atoms with Crippen LogP contribution in [0, 0.1) is 0 Å². The molecular formula is C13H16N2O. The first-order valence-corrected chi connectivity index (χ1v) is 5.27. The van der Waals surface area contributed by atoms with Crippen LogP contribution in [0.5, 0.6) is 5.75 Å². The topological polar surface area (TPSA) is 33.6 Å². The van der Waals surface area contributed by atoms with E-state index in [0.717, 1.165) is 5.75 Å². The van der Waals surface area contributed by atoms with Gasteiger partial charge in [0.25, 0.3) is 0 Å². The Morgan fingerprint density at radius 2 is 1.88 bits per heavy atom. The predicted molar refractivity (Wildman–Crippen MR) is 67.3 cm³/mol. The average molecular weight is 216 g/mol. The summed E-state index contributed by atoms with van der Waals surface area (Å²) in [5.74, 6) is 2.08. The van der Waals surface area contributed by atoms with Crippen molar-refractivity contribution < 1.29 is 4.74 Å². The summed E-state index contributed by atoms with van der Waals surface area (Å²) in [5, 5.41) is 2.87. The summed E-state index contributed by atoms with van der Waals surface area (Å²) in [6, 6.07) is 9.55. The molecule has 1 aromatic rings. The second-order valence-corrected chi connectivity index (χ2v) is 2.81. The van der Waals surface area contributed by atoms with Crippen molar-refractivity contribution in [1.29, 1.82) is 0 Å². The summed E-state index contributed by atoms with van der Waals surface area (Å²) in [6.07, 6.45) is 3.36. The van der Waals surface area contributed by atoms with Crippen LogP contribution in [-0.4, -0.2) is 6.21 Å². The van der Waals surface area contributed by atoms with Crippen LogP contribution in [0.15, 0.2) is 59.7 Å². The molecule has 1 aliphatic heterocycles. The minimum Gasteiger partial charge on any atom is -0.454 e. The van der Waals surface area contributed by atoms with Gasteiger partial charge in [0.2, 0.25) is 0 Å². The lowest BCUT2D eigenvalue weighted by Gasteiger charge is -2.10. The van der Waals surface area contributed by atoms with Crippen LogP contribution in [0.1, 0.15) is 13.8 Å². The minimum atomic E-state index is 0.616. The SMILES string of the molecule is C=C1N=CC(Oc2ccccc2)=CN1.CC. The van der Waals surface area contributed by atoms with Crippen LogP contribution in [0.4, 0.5) is 0 Å². The number of rotatable bonds is 2. The number of nitrogens with one attached hydrogen (secondary N) is 1. The summed E-state index contributed by atoms with van der Waals surface area (Å²) in [4.78, 5) is 3.98. The Labute approximate surface area is 96.2 Å². The van der Waals surface area contributed by atoms with Crippen LogP contribution in [0.25, 0.3) is 0 Å². The van der Waals surface area contributed by atoms with Crippen molar-refractivity contribution in [2.45, 2.75) is 13.8 Å². The van der Waals surface area contributed by atoms with Crippen LogP contribution in [0.3, 0.4) is 0 Å². The van der Waals surface area contributed by atoms with Crippen molar-refractivity contribution in [2.75, 3.05) is 0 Å². The molecule has 1 aromatic carbocycles. The summed E-state index contributed by atoms with van der Waals surface area (Å²) in [6.45, 7) is 7.65. The molecule has 1 aliphatic rings. The summed E-state index contributed by atoms with van der Waals surface area (Å²) in [7, 11) is 0. The zero-order valence-corrected chi connectivity index (χ0v) is 9.60. The van der Waals surface area contributed by atoms with Gasteiger partial charge in [-0.05, 0) is 12.1 Å². The Balaban J connectivity index is 0.000000606. The molecule has 0 saturated carbocycles. The van der Waals surface area contributed by atoms with Crippen molar-refractivity contribution in [2.24, 2.45) is 4.99 Å². The van der Waals surface area contributed by atoms with Crippen LogP contribution in [0.2, 0.25) is 0 Å². The summed E-state index contributed by atoms with van der Waals surface area (Å²) >= 11 is 0. The maximum absolute atomic E-state index is 5.51. The van der Waals surface area contributed by atoms with E-state index in [0.29, 0.717) is 11.6 Å². The monoisotopic (exact) mass is 216 g/mol. The van der Waals surface area contributed by atoms with Gasteiger partial charge in [-0.25, -0.2) is 4.99 Å². The zero-order chi connectivity index (χ0) is 11.8. The highest BCUT2D eigenvalue weighted by atomic mass is 16.5. The van der Waals surface area contributed by atoms with Crippen molar-refractivity contribution in [3.63, 3.8) is 0 Å². The molecule has 3 nitrogen and oxygen atoms in total. The highest BCUT2D eigenvalue weighted by Gasteiger charge is 2.01. The van der Waals surface area contributed by atoms with E-state index in [1.165, 1.54) is 0 Å². The van der Waals surface area contributed by atoms with E-state index in [9.17, 15) is 0 Å². The quantitative estimate of drug-likeness (QED) is 0.824. The maximum Gasteiger partial charge on any atom is 0.161 e. The number of aliphatic imine (C=N–C) groups is 1. The van der Waals surface area contributed by atoms with Gasteiger partial charge in [-0.3, -0.25) is 0 Å². The highest BCUT2D eigenvalue weighted by Crippen LogP contribution is 2.12. The van der Waals surface area contributed by atoms with Gasteiger partial charge in [0.15, 0.2) is 5.76 Å². The van der Waals surface area contributed by atoms with E-state index in [1.807, 2.05) is 44.2 Å². The van der Waals surface area contributed by atoms with Crippen molar-refractivity contribution >= 4 is 6.21 Å². The van der Waals surface area contributed by atoms with Gasteiger partial charge in [0.05, 0.1) is 6.21 Å². The molecule has 1 N–H and O–H groups in total. The van der Waals surface area contributed by atoms with E-state index in [2.05, 4.69) is 16.9 Å². The van der Waals surface area contributed by atoms with Gasteiger partial charge < -0.3 is 10.1 Å². The van der Waals surface area contributed by atoms with Gasteiger partial charge in [-0.15, -0.1) is 0 Å². The Bertz CT molecular complexity index is 394. The Hall–Kier alpha value is -2.03. The van der Waals surface area contributed by atoms with Crippen LogP contribution in [-0.2, 0) is 0 Å². The fraction of sp³-hybridized carbons (Fsp3) is 0.154. The number of ether oxygens (including phenoxy) is 1. The number of nitrogens with zero attached hydrogens (tertiary/aromatic N) is 1. The Morgan fingerprint density at radius 1 is 1.19 bits per heavy atom. The molecule has 0 unspecified atom stereocenters. The first-order chi connectivity index (χ1) is 7.84. The zero-order valence-electron chi connectivity index (χ0n) is 9.60. The lowest BCUT2D eigenvalue weighted by molar-refractivity contribution is 0.451. The number of hydrogen-bond acceptors (Lipinski definition) is 3. The molecule has 1 heterocycles. The molecule has 0 atom stereocenters. The molecular weight excluding hydrogens is 200 g/mol. The molecule has 0 radical (unpaired) electrons. The Kier molecular flexibility index (Phi) is 4.86. The highest BCUT2D eigenvalue weighted by molar-refractivity contribution is 5.78. The lowest BCUT2D eigenvalue weighted by atomic mass is 10.3. The second kappa shape index (κ2) is 6.45. The summed E-state index contributed by atoms with van der Waals surface area (Å²) in [5.41, 5.74) is 0. The van der Waals surface area contributed by atoms with E-state index in [1.54, 1.807) is 12.4 Å². The molecule has 0 spiro atoms. The normalized spacial score (nSPS) is 13.1. The first-order valence-electron chi connectivity index (χ1n) is 5.27. The molecule has 16 heavy (non-hydrogen) atoms. The van der Waals surface area contributed by atoms with Crippen LogP contribution >= 0.6 is 0 Å². The number of para-hydroxylation sites is 1. The van der Waals surface area contributed by atoms with Gasteiger partial charge in [-0.2, -0.15) is 0 Å². The van der Waals surface area contributed by atoms with Gasteiger partial charge >= 0.3 is 0 Å². The third-order valence-electron chi connectivity index (χ3n) is 1.71. The molecule has 2 rings (SSSR count). The summed E-state index contributed by atoms with van der Waals surface area (Å²) < 4.78 is 5.51.